The number of urea groups is 1. The minimum absolute atomic E-state index is 0.102. The van der Waals surface area contributed by atoms with Crippen molar-refractivity contribution in [2.24, 2.45) is 0 Å². The van der Waals surface area contributed by atoms with E-state index < -0.39 is 11.6 Å². The number of amides is 2. The van der Waals surface area contributed by atoms with Gasteiger partial charge in [0.2, 0.25) is 5.13 Å². The van der Waals surface area contributed by atoms with Crippen molar-refractivity contribution in [3.05, 3.63) is 40.9 Å². The number of hydrogen-bond donors (Lipinski definition) is 3. The molecule has 3 N–H and O–H groups in total. The molecule has 6 nitrogen and oxygen atoms in total. The van der Waals surface area contributed by atoms with E-state index in [1.165, 1.54) is 11.3 Å². The minimum Gasteiger partial charge on any atom is -0.384 e. The van der Waals surface area contributed by atoms with Crippen molar-refractivity contribution in [1.82, 2.24) is 15.5 Å². The highest BCUT2D eigenvalue weighted by Crippen LogP contribution is 2.19. The maximum atomic E-state index is 11.9. The van der Waals surface area contributed by atoms with Gasteiger partial charge in [-0.05, 0) is 18.9 Å². The van der Waals surface area contributed by atoms with Crippen LogP contribution in [-0.4, -0.2) is 27.9 Å². The zero-order valence-electron chi connectivity index (χ0n) is 13.4. The van der Waals surface area contributed by atoms with E-state index in [0.717, 1.165) is 29.8 Å². The number of anilines is 1. The normalized spacial score (nSPS) is 13.3. The molecule has 1 unspecified atom stereocenters. The summed E-state index contributed by atoms with van der Waals surface area (Å²) in [6.45, 7) is 3.88. The van der Waals surface area contributed by atoms with Gasteiger partial charge in [-0.15, -0.1) is 10.2 Å². The Balaban J connectivity index is 1.84. The van der Waals surface area contributed by atoms with Gasteiger partial charge < -0.3 is 10.4 Å². The molecule has 0 bridgehead atoms. The largest absolute Gasteiger partial charge is 0.384 e. The van der Waals surface area contributed by atoms with Crippen LogP contribution in [0.25, 0.3) is 0 Å². The number of nitrogens with one attached hydrogen (secondary N) is 2. The van der Waals surface area contributed by atoms with Crippen LogP contribution in [0.2, 0.25) is 0 Å². The highest BCUT2D eigenvalue weighted by atomic mass is 32.1. The van der Waals surface area contributed by atoms with Gasteiger partial charge >= 0.3 is 6.03 Å². The highest BCUT2D eigenvalue weighted by molar-refractivity contribution is 7.15. The number of nitrogens with zero attached hydrogens (tertiary/aromatic N) is 2. The number of benzene rings is 1. The molecule has 2 rings (SSSR count). The van der Waals surface area contributed by atoms with E-state index in [0.29, 0.717) is 5.13 Å². The van der Waals surface area contributed by atoms with Gasteiger partial charge in [0.25, 0.3) is 0 Å². The summed E-state index contributed by atoms with van der Waals surface area (Å²) in [5.74, 6) is 0. The SMILES string of the molecule is CCCCc1nnc(NC(=O)NCC(C)(O)c2ccccc2)s1. The van der Waals surface area contributed by atoms with Crippen LogP contribution < -0.4 is 10.6 Å². The van der Waals surface area contributed by atoms with E-state index in [9.17, 15) is 9.90 Å². The zero-order chi connectivity index (χ0) is 16.7. The van der Waals surface area contributed by atoms with Gasteiger partial charge in [-0.25, -0.2) is 4.79 Å². The first-order chi connectivity index (χ1) is 11.0. The van der Waals surface area contributed by atoms with Gasteiger partial charge in [-0.2, -0.15) is 0 Å². The van der Waals surface area contributed by atoms with Crippen LogP contribution in [0.5, 0.6) is 0 Å². The summed E-state index contributed by atoms with van der Waals surface area (Å²) in [5, 5.41) is 25.1. The predicted octanol–water partition coefficient (Wildman–Crippen LogP) is 2.91. The van der Waals surface area contributed by atoms with Crippen molar-refractivity contribution in [3.8, 4) is 0 Å². The van der Waals surface area contributed by atoms with E-state index >= 15 is 0 Å². The molecule has 0 spiro atoms. The van der Waals surface area contributed by atoms with Gasteiger partial charge in [0.05, 0.1) is 6.54 Å². The summed E-state index contributed by atoms with van der Waals surface area (Å²) < 4.78 is 0. The summed E-state index contributed by atoms with van der Waals surface area (Å²) in [6.07, 6.45) is 3.03. The molecule has 23 heavy (non-hydrogen) atoms. The van der Waals surface area contributed by atoms with Gasteiger partial charge in [-0.3, -0.25) is 5.32 Å². The summed E-state index contributed by atoms with van der Waals surface area (Å²) in [5.41, 5.74) is -0.385. The quantitative estimate of drug-likeness (QED) is 0.726. The summed E-state index contributed by atoms with van der Waals surface area (Å²) in [4.78, 5) is 11.9. The van der Waals surface area contributed by atoms with Gasteiger partial charge in [0, 0.05) is 6.42 Å². The van der Waals surface area contributed by atoms with Crippen molar-refractivity contribution in [1.29, 1.82) is 0 Å². The molecule has 1 heterocycles. The summed E-state index contributed by atoms with van der Waals surface area (Å²) >= 11 is 1.37. The Morgan fingerprint density at radius 2 is 2.04 bits per heavy atom. The lowest BCUT2D eigenvalue weighted by Gasteiger charge is -2.24. The molecule has 0 fully saturated rings. The third-order valence-corrected chi connectivity index (χ3v) is 4.32. The third-order valence-electron chi connectivity index (χ3n) is 3.42. The summed E-state index contributed by atoms with van der Waals surface area (Å²) in [6, 6.07) is 8.82. The Kier molecular flexibility index (Phi) is 6.06. The number of aryl methyl sites for hydroxylation is 1. The van der Waals surface area contributed by atoms with Gasteiger partial charge in [0.1, 0.15) is 10.6 Å². The average Bonchev–Trinajstić information content (AvgIpc) is 2.99. The Bertz CT molecular complexity index is 628. The maximum Gasteiger partial charge on any atom is 0.321 e. The first kappa shape index (κ1) is 17.4. The molecule has 1 aromatic carbocycles. The molecule has 1 atom stereocenters. The van der Waals surface area contributed by atoms with Gasteiger partial charge in [0.15, 0.2) is 0 Å². The first-order valence-corrected chi connectivity index (χ1v) is 8.48. The summed E-state index contributed by atoms with van der Waals surface area (Å²) in [7, 11) is 0. The first-order valence-electron chi connectivity index (χ1n) is 7.66. The fourth-order valence-corrected chi connectivity index (χ4v) is 2.80. The predicted molar refractivity (Wildman–Crippen MR) is 91.6 cm³/mol. The number of aromatic nitrogens is 2. The van der Waals surface area contributed by atoms with Crippen LogP contribution in [0.15, 0.2) is 30.3 Å². The Morgan fingerprint density at radius 3 is 2.74 bits per heavy atom. The molecule has 0 radical (unpaired) electrons. The molecule has 0 aliphatic carbocycles. The lowest BCUT2D eigenvalue weighted by Crippen LogP contribution is -2.40. The van der Waals surface area contributed by atoms with Crippen LogP contribution in [0, 0.1) is 0 Å². The van der Waals surface area contributed by atoms with Crippen LogP contribution >= 0.6 is 11.3 Å². The number of hydrogen-bond acceptors (Lipinski definition) is 5. The Labute approximate surface area is 140 Å². The minimum atomic E-state index is -1.13. The van der Waals surface area contributed by atoms with E-state index in [1.807, 2.05) is 30.3 Å². The zero-order valence-corrected chi connectivity index (χ0v) is 14.2. The lowest BCUT2D eigenvalue weighted by molar-refractivity contribution is 0.0599. The molecule has 0 aliphatic heterocycles. The van der Waals surface area contributed by atoms with Crippen LogP contribution in [0.4, 0.5) is 9.93 Å². The van der Waals surface area contributed by atoms with Crippen LogP contribution in [-0.2, 0) is 12.0 Å². The molecular formula is C16H22N4O2S. The number of carbonyl (C=O) groups excluding carboxylic acids is 1. The van der Waals surface area contributed by atoms with Crippen molar-refractivity contribution in [2.45, 2.75) is 38.7 Å². The Morgan fingerprint density at radius 1 is 1.30 bits per heavy atom. The molecule has 0 saturated heterocycles. The molecule has 0 saturated carbocycles. The van der Waals surface area contributed by atoms with E-state index in [4.69, 9.17) is 0 Å². The van der Waals surface area contributed by atoms with Crippen molar-refractivity contribution in [3.63, 3.8) is 0 Å². The van der Waals surface area contributed by atoms with E-state index in [-0.39, 0.29) is 6.54 Å². The standard InChI is InChI=1S/C16H22N4O2S/c1-3-4-10-13-19-20-15(23-13)18-14(21)17-11-16(2,22)12-8-6-5-7-9-12/h5-9,22H,3-4,10-11H2,1-2H3,(H2,17,18,20,21). The van der Waals surface area contributed by atoms with Gasteiger partial charge in [-0.1, -0.05) is 55.0 Å². The van der Waals surface area contributed by atoms with Crippen molar-refractivity contribution >= 4 is 22.5 Å². The lowest BCUT2D eigenvalue weighted by atomic mass is 9.96. The maximum absolute atomic E-state index is 11.9. The third kappa shape index (κ3) is 5.30. The molecule has 124 valence electrons. The topological polar surface area (TPSA) is 87.1 Å². The fraction of sp³-hybridized carbons (Fsp3) is 0.438. The Hall–Kier alpha value is -1.99. The fourth-order valence-electron chi connectivity index (χ4n) is 2.03. The molecule has 0 aliphatic rings. The highest BCUT2D eigenvalue weighted by Gasteiger charge is 2.23. The monoisotopic (exact) mass is 334 g/mol. The number of carbonyl (C=O) groups is 1. The molecular weight excluding hydrogens is 312 g/mol. The van der Waals surface area contributed by atoms with Crippen molar-refractivity contribution in [2.75, 3.05) is 11.9 Å². The van der Waals surface area contributed by atoms with Crippen molar-refractivity contribution < 1.29 is 9.90 Å². The number of aliphatic hydroxyl groups is 1. The second-order valence-corrected chi connectivity index (χ2v) is 6.61. The smallest absolute Gasteiger partial charge is 0.321 e. The second kappa shape index (κ2) is 8.03. The van der Waals surface area contributed by atoms with E-state index in [2.05, 4.69) is 27.8 Å². The number of unbranched alkanes of at least 4 members (excludes halogenated alkanes) is 1. The molecule has 2 aromatic rings. The molecule has 1 aromatic heterocycles. The molecule has 7 heteroatoms. The van der Waals surface area contributed by atoms with Crippen LogP contribution in [0.3, 0.4) is 0 Å². The van der Waals surface area contributed by atoms with E-state index in [1.54, 1.807) is 6.92 Å². The molecule has 2 amide bonds. The second-order valence-electron chi connectivity index (χ2n) is 5.55. The average molecular weight is 334 g/mol. The number of rotatable bonds is 7. The van der Waals surface area contributed by atoms with Crippen LogP contribution in [0.1, 0.15) is 37.3 Å².